The van der Waals surface area contributed by atoms with E-state index in [-0.39, 0.29) is 11.8 Å². The van der Waals surface area contributed by atoms with E-state index in [0.717, 1.165) is 24.0 Å². The largest absolute Gasteiger partial charge is 0.302 e. The van der Waals surface area contributed by atoms with Crippen molar-refractivity contribution in [1.82, 2.24) is 9.29 Å². The van der Waals surface area contributed by atoms with Crippen LogP contribution in [0, 0.1) is 11.8 Å². The van der Waals surface area contributed by atoms with Crippen LogP contribution in [0.4, 0.5) is 5.13 Å². The van der Waals surface area contributed by atoms with Crippen molar-refractivity contribution in [2.75, 3.05) is 18.4 Å². The maximum absolute atomic E-state index is 12.6. The van der Waals surface area contributed by atoms with E-state index >= 15 is 0 Å². The first-order valence-electron chi connectivity index (χ1n) is 8.17. The maximum Gasteiger partial charge on any atom is 0.243 e. The van der Waals surface area contributed by atoms with Gasteiger partial charge in [0.1, 0.15) is 0 Å². The Morgan fingerprint density at radius 1 is 1.33 bits per heavy atom. The lowest BCUT2D eigenvalue weighted by molar-refractivity contribution is -0.117. The summed E-state index contributed by atoms with van der Waals surface area (Å²) in [6.07, 6.45) is 2.75. The fourth-order valence-corrected chi connectivity index (χ4v) is 5.61. The number of nitrogens with one attached hydrogen (secondary N) is 1. The first-order chi connectivity index (χ1) is 11.4. The number of carbonyl (C=O) groups is 1. The topological polar surface area (TPSA) is 79.4 Å². The minimum Gasteiger partial charge on any atom is -0.302 e. The third-order valence-corrected chi connectivity index (χ3v) is 7.57. The summed E-state index contributed by atoms with van der Waals surface area (Å²) in [6.45, 7) is 3.23. The lowest BCUT2D eigenvalue weighted by Gasteiger charge is -2.15. The average molecular weight is 365 g/mol. The monoisotopic (exact) mass is 365 g/mol. The molecule has 2 fully saturated rings. The van der Waals surface area contributed by atoms with Crippen LogP contribution < -0.4 is 5.32 Å². The molecule has 1 aromatic heterocycles. The molecule has 6 nitrogen and oxygen atoms in total. The first kappa shape index (κ1) is 16.0. The van der Waals surface area contributed by atoms with Crippen LogP contribution in [0.2, 0.25) is 0 Å². The summed E-state index contributed by atoms with van der Waals surface area (Å²) in [5.41, 5.74) is 0.708. The number of hydrogen-bond donors (Lipinski definition) is 1. The van der Waals surface area contributed by atoms with Crippen LogP contribution in [-0.2, 0) is 14.8 Å². The predicted molar refractivity (Wildman–Crippen MR) is 93.5 cm³/mol. The number of aromatic nitrogens is 1. The number of sulfonamides is 1. The van der Waals surface area contributed by atoms with Crippen molar-refractivity contribution in [3.05, 3.63) is 18.2 Å². The van der Waals surface area contributed by atoms with Gasteiger partial charge in [-0.05, 0) is 43.4 Å². The van der Waals surface area contributed by atoms with Crippen molar-refractivity contribution >= 4 is 42.6 Å². The van der Waals surface area contributed by atoms with Gasteiger partial charge in [-0.25, -0.2) is 13.4 Å². The molecule has 1 saturated carbocycles. The highest BCUT2D eigenvalue weighted by molar-refractivity contribution is 7.89. The number of thiazole rings is 1. The number of benzene rings is 1. The van der Waals surface area contributed by atoms with Gasteiger partial charge in [0.05, 0.1) is 15.1 Å². The predicted octanol–water partition coefficient (Wildman–Crippen LogP) is 2.68. The second kappa shape index (κ2) is 5.79. The van der Waals surface area contributed by atoms with Gasteiger partial charge in [0.15, 0.2) is 5.13 Å². The molecule has 1 N–H and O–H groups in total. The number of hydrogen-bond acceptors (Lipinski definition) is 5. The molecule has 2 heterocycles. The molecular weight excluding hydrogens is 346 g/mol. The lowest BCUT2D eigenvalue weighted by atomic mass is 10.3. The Morgan fingerprint density at radius 3 is 2.71 bits per heavy atom. The first-order valence-corrected chi connectivity index (χ1v) is 10.4. The quantitative estimate of drug-likeness (QED) is 0.903. The van der Waals surface area contributed by atoms with E-state index in [1.165, 1.54) is 15.6 Å². The molecule has 0 radical (unpaired) electrons. The molecule has 2 aromatic rings. The molecule has 0 spiro atoms. The molecule has 128 valence electrons. The van der Waals surface area contributed by atoms with Crippen LogP contribution in [0.15, 0.2) is 23.1 Å². The normalized spacial score (nSPS) is 24.4. The van der Waals surface area contributed by atoms with Crippen LogP contribution in [-0.4, -0.2) is 36.7 Å². The highest BCUT2D eigenvalue weighted by atomic mass is 32.2. The molecule has 1 aliphatic carbocycles. The highest BCUT2D eigenvalue weighted by Gasteiger charge is 2.39. The van der Waals surface area contributed by atoms with E-state index < -0.39 is 10.0 Å². The molecule has 1 amide bonds. The second-order valence-electron chi connectivity index (χ2n) is 6.57. The van der Waals surface area contributed by atoms with Gasteiger partial charge in [-0.1, -0.05) is 18.3 Å². The summed E-state index contributed by atoms with van der Waals surface area (Å²) in [5, 5.41) is 3.38. The third-order valence-electron chi connectivity index (χ3n) is 4.74. The minimum absolute atomic E-state index is 0.00599. The van der Waals surface area contributed by atoms with Gasteiger partial charge in [-0.3, -0.25) is 4.79 Å². The van der Waals surface area contributed by atoms with E-state index in [4.69, 9.17) is 0 Å². The van der Waals surface area contributed by atoms with Gasteiger partial charge in [0, 0.05) is 19.0 Å². The number of fused-ring (bicyclic) bond motifs is 1. The highest BCUT2D eigenvalue weighted by Crippen LogP contribution is 2.39. The zero-order valence-electron chi connectivity index (χ0n) is 13.4. The SMILES string of the molecule is C[C@@H]1C[C@@H]1C(=O)Nc1nc2ccc(S(=O)(=O)N3CCCC3)cc2s1. The molecule has 1 aliphatic heterocycles. The van der Waals surface area contributed by atoms with Crippen LogP contribution in [0.5, 0.6) is 0 Å². The molecule has 1 saturated heterocycles. The third kappa shape index (κ3) is 2.82. The fraction of sp³-hybridized carbons (Fsp3) is 0.500. The van der Waals surface area contributed by atoms with Crippen LogP contribution in [0.3, 0.4) is 0 Å². The smallest absolute Gasteiger partial charge is 0.243 e. The maximum atomic E-state index is 12.6. The van der Waals surface area contributed by atoms with Gasteiger partial charge >= 0.3 is 0 Å². The second-order valence-corrected chi connectivity index (χ2v) is 9.54. The molecule has 0 bridgehead atoms. The molecule has 8 heteroatoms. The van der Waals surface area contributed by atoms with Crippen molar-refractivity contribution in [3.8, 4) is 0 Å². The Bertz CT molecular complexity index is 900. The Hall–Kier alpha value is -1.51. The van der Waals surface area contributed by atoms with Crippen molar-refractivity contribution in [1.29, 1.82) is 0 Å². The van der Waals surface area contributed by atoms with E-state index in [1.807, 2.05) is 0 Å². The Labute approximate surface area is 144 Å². The summed E-state index contributed by atoms with van der Waals surface area (Å²) < 4.78 is 27.6. The van der Waals surface area contributed by atoms with E-state index in [0.29, 0.717) is 34.6 Å². The lowest BCUT2D eigenvalue weighted by Crippen LogP contribution is -2.27. The number of amides is 1. The van der Waals surface area contributed by atoms with Crippen molar-refractivity contribution in [2.24, 2.45) is 11.8 Å². The summed E-state index contributed by atoms with van der Waals surface area (Å²) in [5.74, 6) is 0.533. The summed E-state index contributed by atoms with van der Waals surface area (Å²) in [6, 6.07) is 4.98. The molecular formula is C16H19N3O3S2. The summed E-state index contributed by atoms with van der Waals surface area (Å²) in [7, 11) is -3.43. The van der Waals surface area contributed by atoms with Crippen LogP contribution >= 0.6 is 11.3 Å². The van der Waals surface area contributed by atoms with Crippen molar-refractivity contribution in [3.63, 3.8) is 0 Å². The fourth-order valence-electron chi connectivity index (χ4n) is 3.08. The molecule has 24 heavy (non-hydrogen) atoms. The van der Waals surface area contributed by atoms with E-state index in [2.05, 4.69) is 17.2 Å². The van der Waals surface area contributed by atoms with Crippen LogP contribution in [0.1, 0.15) is 26.2 Å². The van der Waals surface area contributed by atoms with E-state index in [9.17, 15) is 13.2 Å². The van der Waals surface area contributed by atoms with Crippen molar-refractivity contribution < 1.29 is 13.2 Å². The molecule has 2 aliphatic rings. The van der Waals surface area contributed by atoms with Gasteiger partial charge in [-0.15, -0.1) is 0 Å². The Morgan fingerprint density at radius 2 is 2.04 bits per heavy atom. The molecule has 2 atom stereocenters. The van der Waals surface area contributed by atoms with Crippen LogP contribution in [0.25, 0.3) is 10.2 Å². The summed E-state index contributed by atoms with van der Waals surface area (Å²) >= 11 is 1.32. The number of nitrogens with zero attached hydrogens (tertiary/aromatic N) is 2. The standard InChI is InChI=1S/C16H19N3O3S2/c1-10-8-12(10)15(20)18-16-17-13-5-4-11(9-14(13)23-16)24(21,22)19-6-2-3-7-19/h4-5,9-10,12H,2-3,6-8H2,1H3,(H,17,18,20)/t10-,12+/m1/s1. The zero-order chi connectivity index (χ0) is 16.9. The number of rotatable bonds is 4. The van der Waals surface area contributed by atoms with E-state index in [1.54, 1.807) is 18.2 Å². The molecule has 1 aromatic carbocycles. The van der Waals surface area contributed by atoms with Gasteiger partial charge in [0.2, 0.25) is 15.9 Å². The number of carbonyl (C=O) groups excluding carboxylic acids is 1. The summed E-state index contributed by atoms with van der Waals surface area (Å²) in [4.78, 5) is 16.7. The number of anilines is 1. The molecule has 4 rings (SSSR count). The zero-order valence-corrected chi connectivity index (χ0v) is 15.0. The van der Waals surface area contributed by atoms with Gasteiger partial charge < -0.3 is 5.32 Å². The van der Waals surface area contributed by atoms with Gasteiger partial charge in [-0.2, -0.15) is 4.31 Å². The van der Waals surface area contributed by atoms with Gasteiger partial charge in [0.25, 0.3) is 0 Å². The Kier molecular flexibility index (Phi) is 3.85. The molecule has 0 unspecified atom stereocenters. The minimum atomic E-state index is -3.43. The van der Waals surface area contributed by atoms with Crippen molar-refractivity contribution in [2.45, 2.75) is 31.1 Å². The Balaban J connectivity index is 1.60. The average Bonchev–Trinajstić information content (AvgIpc) is 2.96.